The zero-order valence-electron chi connectivity index (χ0n) is 20.0. The van der Waals surface area contributed by atoms with E-state index in [-0.39, 0.29) is 23.7 Å². The SMILES string of the molecule is CCOC(=O)[C@H]1CCCN(C(=O)CC(C)c2ccc3c(-c4ccccc4C)cc(=O)oc3c2)C1. The standard InChI is InChI=1S/C28H31NO5/c1-4-33-28(32)21-9-7-13-29(17-21)26(30)14-19(3)20-11-12-23-24(16-27(31)34-25(23)15-20)22-10-6-5-8-18(22)2/h5-6,8,10-12,15-16,19,21H,4,7,9,13-14,17H2,1-3H3/t19?,21-/m0/s1. The Morgan fingerprint density at radius 3 is 2.71 bits per heavy atom. The molecule has 0 aliphatic carbocycles. The molecule has 6 nitrogen and oxygen atoms in total. The Hall–Kier alpha value is -3.41. The lowest BCUT2D eigenvalue weighted by Crippen LogP contribution is -2.43. The minimum atomic E-state index is -0.398. The molecule has 0 spiro atoms. The summed E-state index contributed by atoms with van der Waals surface area (Å²) >= 11 is 0. The van der Waals surface area contributed by atoms with Crippen LogP contribution >= 0.6 is 0 Å². The smallest absolute Gasteiger partial charge is 0.336 e. The first-order valence-corrected chi connectivity index (χ1v) is 12.0. The fourth-order valence-electron chi connectivity index (χ4n) is 4.75. The number of aryl methyl sites for hydroxylation is 1. The lowest BCUT2D eigenvalue weighted by atomic mass is 9.92. The molecule has 34 heavy (non-hydrogen) atoms. The number of ether oxygens (including phenoxy) is 1. The molecule has 2 aromatic carbocycles. The number of carbonyl (C=O) groups excluding carboxylic acids is 2. The Balaban J connectivity index is 1.54. The van der Waals surface area contributed by atoms with E-state index in [1.54, 1.807) is 11.8 Å². The highest BCUT2D eigenvalue weighted by atomic mass is 16.5. The maximum atomic E-state index is 13.0. The van der Waals surface area contributed by atoms with Crippen molar-refractivity contribution in [2.45, 2.75) is 46.0 Å². The van der Waals surface area contributed by atoms with Crippen molar-refractivity contribution in [3.63, 3.8) is 0 Å². The average molecular weight is 462 g/mol. The van der Waals surface area contributed by atoms with Crippen LogP contribution in [0.5, 0.6) is 0 Å². The van der Waals surface area contributed by atoms with Crippen molar-refractivity contribution in [1.29, 1.82) is 0 Å². The lowest BCUT2D eigenvalue weighted by Gasteiger charge is -2.32. The minimum absolute atomic E-state index is 0.0247. The highest BCUT2D eigenvalue weighted by Gasteiger charge is 2.30. The summed E-state index contributed by atoms with van der Waals surface area (Å²) in [6.07, 6.45) is 1.88. The molecule has 1 amide bonds. The number of benzene rings is 2. The summed E-state index contributed by atoms with van der Waals surface area (Å²) in [7, 11) is 0. The molecule has 3 aromatic rings. The number of hydrogen-bond acceptors (Lipinski definition) is 5. The van der Waals surface area contributed by atoms with Crippen LogP contribution < -0.4 is 5.63 Å². The second-order valence-corrected chi connectivity index (χ2v) is 9.09. The van der Waals surface area contributed by atoms with Gasteiger partial charge in [-0.15, -0.1) is 0 Å². The van der Waals surface area contributed by atoms with E-state index in [2.05, 4.69) is 0 Å². The molecule has 6 heteroatoms. The topological polar surface area (TPSA) is 76.8 Å². The van der Waals surface area contributed by atoms with Crippen molar-refractivity contribution in [2.24, 2.45) is 5.92 Å². The number of nitrogens with zero attached hydrogens (tertiary/aromatic N) is 1. The van der Waals surface area contributed by atoms with Crippen molar-refractivity contribution in [3.05, 3.63) is 70.1 Å². The van der Waals surface area contributed by atoms with Crippen molar-refractivity contribution < 1.29 is 18.7 Å². The minimum Gasteiger partial charge on any atom is -0.466 e. The summed E-state index contributed by atoms with van der Waals surface area (Å²) in [5.74, 6) is -0.506. The molecule has 1 unspecified atom stereocenters. The summed E-state index contributed by atoms with van der Waals surface area (Å²) in [5.41, 5.74) is 3.98. The molecule has 4 rings (SSSR count). The maximum absolute atomic E-state index is 13.0. The fourth-order valence-corrected chi connectivity index (χ4v) is 4.75. The molecule has 178 valence electrons. The predicted octanol–water partition coefficient (Wildman–Crippen LogP) is 5.06. The van der Waals surface area contributed by atoms with Crippen molar-refractivity contribution in [2.75, 3.05) is 19.7 Å². The molecule has 1 aromatic heterocycles. The van der Waals surface area contributed by atoms with Gasteiger partial charge in [-0.25, -0.2) is 4.79 Å². The van der Waals surface area contributed by atoms with Gasteiger partial charge in [0.15, 0.2) is 0 Å². The van der Waals surface area contributed by atoms with Crippen molar-refractivity contribution in [1.82, 2.24) is 4.90 Å². The zero-order valence-corrected chi connectivity index (χ0v) is 20.0. The number of esters is 1. The van der Waals surface area contributed by atoms with E-state index in [1.807, 2.05) is 56.3 Å². The first-order chi connectivity index (χ1) is 16.4. The Labute approximate surface area is 199 Å². The Morgan fingerprint density at radius 2 is 1.94 bits per heavy atom. The molecule has 1 aliphatic rings. The van der Waals surface area contributed by atoms with E-state index < -0.39 is 5.63 Å². The molecule has 0 bridgehead atoms. The van der Waals surface area contributed by atoms with E-state index in [0.717, 1.165) is 40.5 Å². The van der Waals surface area contributed by atoms with Crippen molar-refractivity contribution >= 4 is 22.8 Å². The Morgan fingerprint density at radius 1 is 1.15 bits per heavy atom. The van der Waals surface area contributed by atoms with Gasteiger partial charge in [-0.3, -0.25) is 9.59 Å². The largest absolute Gasteiger partial charge is 0.466 e. The summed E-state index contributed by atoms with van der Waals surface area (Å²) in [5, 5.41) is 0.865. The van der Waals surface area contributed by atoms with Crippen LogP contribution in [0.15, 0.2) is 57.7 Å². The monoisotopic (exact) mass is 461 g/mol. The van der Waals surface area contributed by atoms with Gasteiger partial charge in [-0.05, 0) is 55.4 Å². The molecule has 1 saturated heterocycles. The van der Waals surface area contributed by atoms with Gasteiger partial charge in [0.05, 0.1) is 12.5 Å². The van der Waals surface area contributed by atoms with Gasteiger partial charge in [-0.1, -0.05) is 43.3 Å². The number of piperidine rings is 1. The van der Waals surface area contributed by atoms with Crippen LogP contribution in [-0.2, 0) is 14.3 Å². The van der Waals surface area contributed by atoms with E-state index >= 15 is 0 Å². The third-order valence-corrected chi connectivity index (χ3v) is 6.65. The Kier molecular flexibility index (Phi) is 7.15. The van der Waals surface area contributed by atoms with Gasteiger partial charge >= 0.3 is 11.6 Å². The normalized spacial score (nSPS) is 16.9. The second kappa shape index (κ2) is 10.2. The van der Waals surface area contributed by atoms with Gasteiger partial charge in [-0.2, -0.15) is 0 Å². The van der Waals surface area contributed by atoms with Gasteiger partial charge in [0.1, 0.15) is 5.58 Å². The molecule has 0 saturated carbocycles. The van der Waals surface area contributed by atoms with Crippen LogP contribution in [0.4, 0.5) is 0 Å². The Bertz CT molecular complexity index is 1260. The van der Waals surface area contributed by atoms with Crippen LogP contribution in [-0.4, -0.2) is 36.5 Å². The van der Waals surface area contributed by atoms with Crippen LogP contribution in [0.2, 0.25) is 0 Å². The van der Waals surface area contributed by atoms with Gasteiger partial charge in [0.2, 0.25) is 5.91 Å². The zero-order chi connectivity index (χ0) is 24.2. The van der Waals surface area contributed by atoms with E-state index in [9.17, 15) is 14.4 Å². The molecule has 1 aliphatic heterocycles. The molecular formula is C28H31NO5. The molecule has 0 N–H and O–H groups in total. The molecule has 2 atom stereocenters. The molecular weight excluding hydrogens is 430 g/mol. The quantitative estimate of drug-likeness (QED) is 0.379. The highest BCUT2D eigenvalue weighted by Crippen LogP contribution is 2.32. The summed E-state index contributed by atoms with van der Waals surface area (Å²) in [6, 6.07) is 15.3. The summed E-state index contributed by atoms with van der Waals surface area (Å²) < 4.78 is 10.7. The van der Waals surface area contributed by atoms with Gasteiger partial charge in [0.25, 0.3) is 0 Å². The highest BCUT2D eigenvalue weighted by molar-refractivity contribution is 5.94. The van der Waals surface area contributed by atoms with E-state index in [0.29, 0.717) is 31.7 Å². The van der Waals surface area contributed by atoms with E-state index in [1.165, 1.54) is 6.07 Å². The molecule has 1 fully saturated rings. The number of amides is 1. The van der Waals surface area contributed by atoms with Crippen LogP contribution in [0, 0.1) is 12.8 Å². The van der Waals surface area contributed by atoms with E-state index in [4.69, 9.17) is 9.15 Å². The predicted molar refractivity (Wildman–Crippen MR) is 132 cm³/mol. The molecule has 2 heterocycles. The molecule has 0 radical (unpaired) electrons. The van der Waals surface area contributed by atoms with Crippen molar-refractivity contribution in [3.8, 4) is 11.1 Å². The fraction of sp³-hybridized carbons (Fsp3) is 0.393. The third-order valence-electron chi connectivity index (χ3n) is 6.65. The number of carbonyl (C=O) groups is 2. The lowest BCUT2D eigenvalue weighted by molar-refractivity contribution is -0.151. The number of hydrogen-bond donors (Lipinski definition) is 0. The number of fused-ring (bicyclic) bond motifs is 1. The third kappa shape index (κ3) is 5.06. The maximum Gasteiger partial charge on any atom is 0.336 e. The first kappa shape index (κ1) is 23.7. The van der Waals surface area contributed by atoms with Crippen LogP contribution in [0.25, 0.3) is 22.1 Å². The summed E-state index contributed by atoms with van der Waals surface area (Å²) in [4.78, 5) is 39.2. The van der Waals surface area contributed by atoms with Crippen LogP contribution in [0.1, 0.15) is 50.2 Å². The van der Waals surface area contributed by atoms with Crippen LogP contribution in [0.3, 0.4) is 0 Å². The second-order valence-electron chi connectivity index (χ2n) is 9.09. The first-order valence-electron chi connectivity index (χ1n) is 12.0. The average Bonchev–Trinajstić information content (AvgIpc) is 2.83. The summed E-state index contributed by atoms with van der Waals surface area (Å²) in [6.45, 7) is 7.23. The van der Waals surface area contributed by atoms with Gasteiger partial charge in [0, 0.05) is 36.5 Å². The number of rotatable bonds is 6. The van der Waals surface area contributed by atoms with Gasteiger partial charge < -0.3 is 14.1 Å². The number of likely N-dealkylation sites (tertiary alicyclic amines) is 1.